The molecular formula is C23H34O3. The van der Waals surface area contributed by atoms with Crippen molar-refractivity contribution in [2.24, 2.45) is 11.8 Å². The average Bonchev–Trinajstić information content (AvgIpc) is 2.58. The molecule has 0 radical (unpaired) electrons. The molecule has 0 N–H and O–H groups in total. The first-order valence-corrected chi connectivity index (χ1v) is 9.38. The van der Waals surface area contributed by atoms with E-state index < -0.39 is 5.92 Å². The molecule has 26 heavy (non-hydrogen) atoms. The topological polar surface area (TPSA) is 51.2 Å². The lowest BCUT2D eigenvalue weighted by atomic mass is 9.93. The number of hydrogen-bond donors (Lipinski definition) is 0. The standard InChI is InChI=1S/C23H34O3/c1-9-11-17(5)22(25)18(6)13-15(3)12-16(4)14-19(7)23(26)20(8)21(24)10-2/h11-15,20H,9-10H2,1-8H3. The molecule has 0 saturated carbocycles. The summed E-state index contributed by atoms with van der Waals surface area (Å²) < 4.78 is 0. The Labute approximate surface area is 158 Å². The van der Waals surface area contributed by atoms with Crippen LogP contribution in [0.25, 0.3) is 0 Å². The Hall–Kier alpha value is -2.03. The lowest BCUT2D eigenvalue weighted by Gasteiger charge is -2.09. The van der Waals surface area contributed by atoms with Crippen LogP contribution in [0.5, 0.6) is 0 Å². The summed E-state index contributed by atoms with van der Waals surface area (Å²) in [7, 11) is 0. The van der Waals surface area contributed by atoms with Gasteiger partial charge in [-0.05, 0) is 63.7 Å². The summed E-state index contributed by atoms with van der Waals surface area (Å²) in [6, 6.07) is 0. The van der Waals surface area contributed by atoms with Crippen molar-refractivity contribution < 1.29 is 14.4 Å². The van der Waals surface area contributed by atoms with Gasteiger partial charge < -0.3 is 0 Å². The van der Waals surface area contributed by atoms with Crippen molar-refractivity contribution in [3.63, 3.8) is 0 Å². The zero-order valence-corrected chi connectivity index (χ0v) is 17.6. The molecule has 0 aliphatic carbocycles. The van der Waals surface area contributed by atoms with Gasteiger partial charge in [0.15, 0.2) is 11.6 Å². The third-order valence-electron chi connectivity index (χ3n) is 4.32. The summed E-state index contributed by atoms with van der Waals surface area (Å²) in [5.74, 6) is -0.611. The van der Waals surface area contributed by atoms with Crippen molar-refractivity contribution in [2.75, 3.05) is 0 Å². The quantitative estimate of drug-likeness (QED) is 0.291. The second-order valence-electron chi connectivity index (χ2n) is 6.98. The molecule has 0 aliphatic heterocycles. The minimum atomic E-state index is -0.588. The van der Waals surface area contributed by atoms with E-state index >= 15 is 0 Å². The normalized spacial score (nSPS) is 16.3. The molecule has 0 fully saturated rings. The Kier molecular flexibility index (Phi) is 10.7. The molecule has 3 nitrogen and oxygen atoms in total. The highest BCUT2D eigenvalue weighted by atomic mass is 16.2. The van der Waals surface area contributed by atoms with Crippen molar-refractivity contribution >= 4 is 17.3 Å². The summed E-state index contributed by atoms with van der Waals surface area (Å²) in [4.78, 5) is 36.2. The van der Waals surface area contributed by atoms with Gasteiger partial charge in [0, 0.05) is 6.42 Å². The van der Waals surface area contributed by atoms with Crippen LogP contribution in [-0.2, 0) is 14.4 Å². The van der Waals surface area contributed by atoms with E-state index in [0.29, 0.717) is 12.0 Å². The lowest BCUT2D eigenvalue weighted by molar-refractivity contribution is -0.129. The smallest absolute Gasteiger partial charge is 0.183 e. The lowest BCUT2D eigenvalue weighted by Crippen LogP contribution is -2.21. The predicted molar refractivity (Wildman–Crippen MR) is 109 cm³/mol. The van der Waals surface area contributed by atoms with Gasteiger partial charge in [-0.3, -0.25) is 14.4 Å². The van der Waals surface area contributed by atoms with Gasteiger partial charge >= 0.3 is 0 Å². The maximum atomic E-state index is 12.3. The van der Waals surface area contributed by atoms with Gasteiger partial charge in [0.2, 0.25) is 0 Å². The number of rotatable bonds is 10. The van der Waals surface area contributed by atoms with Crippen LogP contribution in [0.2, 0.25) is 0 Å². The van der Waals surface area contributed by atoms with Crippen LogP contribution < -0.4 is 0 Å². The minimum Gasteiger partial charge on any atom is -0.299 e. The SMILES string of the molecule is CCC=C(C)C(=O)C(C)=CC(C)C=C(C)C=C(C)C(=O)C(C)C(=O)CC. The second-order valence-corrected chi connectivity index (χ2v) is 6.98. The molecule has 0 spiro atoms. The van der Waals surface area contributed by atoms with Crippen molar-refractivity contribution in [3.8, 4) is 0 Å². The molecule has 0 aliphatic rings. The third kappa shape index (κ3) is 7.90. The minimum absolute atomic E-state index is 0.0367. The first kappa shape index (κ1) is 24.0. The number of carbonyl (C=O) groups excluding carboxylic acids is 3. The van der Waals surface area contributed by atoms with E-state index in [4.69, 9.17) is 0 Å². The molecule has 0 amide bonds. The maximum absolute atomic E-state index is 12.3. The molecular weight excluding hydrogens is 324 g/mol. The molecule has 0 aromatic rings. The highest BCUT2D eigenvalue weighted by Crippen LogP contribution is 2.15. The van der Waals surface area contributed by atoms with Crippen molar-refractivity contribution in [2.45, 2.75) is 68.2 Å². The van der Waals surface area contributed by atoms with Crippen LogP contribution in [0.4, 0.5) is 0 Å². The van der Waals surface area contributed by atoms with E-state index in [0.717, 1.165) is 23.1 Å². The van der Waals surface area contributed by atoms with Crippen molar-refractivity contribution in [1.82, 2.24) is 0 Å². The van der Waals surface area contributed by atoms with Crippen molar-refractivity contribution in [1.29, 1.82) is 0 Å². The molecule has 0 bridgehead atoms. The monoisotopic (exact) mass is 358 g/mol. The fourth-order valence-corrected chi connectivity index (χ4v) is 2.90. The summed E-state index contributed by atoms with van der Waals surface area (Å²) in [5.41, 5.74) is 3.02. The first-order chi connectivity index (χ1) is 12.0. The Morgan fingerprint density at radius 3 is 1.92 bits per heavy atom. The van der Waals surface area contributed by atoms with Crippen LogP contribution in [0.15, 0.2) is 46.6 Å². The van der Waals surface area contributed by atoms with E-state index in [1.807, 2.05) is 58.9 Å². The predicted octanol–water partition coefficient (Wildman–Crippen LogP) is 5.57. The van der Waals surface area contributed by atoms with Gasteiger partial charge in [-0.1, -0.05) is 50.6 Å². The summed E-state index contributed by atoms with van der Waals surface area (Å²) in [5, 5.41) is 0. The number of ketones is 3. The molecule has 2 atom stereocenters. The van der Waals surface area contributed by atoms with Gasteiger partial charge in [-0.2, -0.15) is 0 Å². The number of carbonyl (C=O) groups is 3. The Morgan fingerprint density at radius 2 is 1.42 bits per heavy atom. The fraction of sp³-hybridized carbons (Fsp3) is 0.522. The van der Waals surface area contributed by atoms with Crippen LogP contribution in [-0.4, -0.2) is 17.3 Å². The molecule has 0 rings (SSSR count). The zero-order chi connectivity index (χ0) is 20.4. The molecule has 0 aromatic heterocycles. The number of Topliss-reactive ketones (excluding diaryl/α,β-unsaturated/α-hetero) is 3. The second kappa shape index (κ2) is 11.6. The van der Waals surface area contributed by atoms with Gasteiger partial charge in [0.1, 0.15) is 5.78 Å². The van der Waals surface area contributed by atoms with Gasteiger partial charge in [0.05, 0.1) is 5.92 Å². The molecule has 0 saturated heterocycles. The summed E-state index contributed by atoms with van der Waals surface area (Å²) in [6.45, 7) is 14.8. The van der Waals surface area contributed by atoms with Gasteiger partial charge in [0.25, 0.3) is 0 Å². The van der Waals surface area contributed by atoms with Crippen LogP contribution in [0.3, 0.4) is 0 Å². The summed E-state index contributed by atoms with van der Waals surface area (Å²) in [6.07, 6.45) is 8.91. The Morgan fingerprint density at radius 1 is 0.846 bits per heavy atom. The third-order valence-corrected chi connectivity index (χ3v) is 4.32. The van der Waals surface area contributed by atoms with E-state index in [-0.39, 0.29) is 23.3 Å². The maximum Gasteiger partial charge on any atom is 0.183 e. The van der Waals surface area contributed by atoms with E-state index in [1.54, 1.807) is 20.8 Å². The van der Waals surface area contributed by atoms with E-state index in [9.17, 15) is 14.4 Å². The van der Waals surface area contributed by atoms with E-state index in [2.05, 4.69) is 0 Å². The first-order valence-electron chi connectivity index (χ1n) is 9.38. The average molecular weight is 359 g/mol. The molecule has 144 valence electrons. The van der Waals surface area contributed by atoms with Crippen LogP contribution in [0, 0.1) is 11.8 Å². The molecule has 0 aromatic carbocycles. The number of hydrogen-bond acceptors (Lipinski definition) is 3. The van der Waals surface area contributed by atoms with Gasteiger partial charge in [-0.25, -0.2) is 0 Å². The fourth-order valence-electron chi connectivity index (χ4n) is 2.90. The van der Waals surface area contributed by atoms with Crippen LogP contribution >= 0.6 is 0 Å². The van der Waals surface area contributed by atoms with Gasteiger partial charge in [-0.15, -0.1) is 0 Å². The Balaban J connectivity index is 5.22. The highest BCUT2D eigenvalue weighted by molar-refractivity contribution is 6.09. The zero-order valence-electron chi connectivity index (χ0n) is 17.6. The largest absolute Gasteiger partial charge is 0.299 e. The van der Waals surface area contributed by atoms with Crippen molar-refractivity contribution in [3.05, 3.63) is 46.6 Å². The molecule has 2 unspecified atom stereocenters. The Bertz CT molecular complexity index is 657. The van der Waals surface area contributed by atoms with Crippen LogP contribution in [0.1, 0.15) is 68.2 Å². The molecule has 3 heteroatoms. The molecule has 0 heterocycles. The van der Waals surface area contributed by atoms with E-state index in [1.165, 1.54) is 0 Å². The highest BCUT2D eigenvalue weighted by Gasteiger charge is 2.20. The number of allylic oxidation sites excluding steroid dienone is 8. The summed E-state index contributed by atoms with van der Waals surface area (Å²) >= 11 is 0.